The molecule has 0 unspecified atom stereocenters. The van der Waals surface area contributed by atoms with E-state index in [4.69, 9.17) is 33.4 Å². The van der Waals surface area contributed by atoms with Crippen LogP contribution in [0.3, 0.4) is 0 Å². The second-order valence-corrected chi connectivity index (χ2v) is 5.42. The number of nitrogens with one attached hydrogen (secondary N) is 1. The van der Waals surface area contributed by atoms with Gasteiger partial charge in [-0.3, -0.25) is 4.79 Å². The fourth-order valence-corrected chi connectivity index (χ4v) is 1.97. The van der Waals surface area contributed by atoms with E-state index in [1.165, 1.54) is 12.3 Å². The average Bonchev–Trinajstić information content (AvgIpc) is 2.53. The number of rotatable bonds is 7. The van der Waals surface area contributed by atoms with E-state index in [-0.39, 0.29) is 5.02 Å². The minimum absolute atomic E-state index is 0.289. The maximum absolute atomic E-state index is 11.6. The van der Waals surface area contributed by atoms with Crippen LogP contribution < -0.4 is 5.43 Å². The highest BCUT2D eigenvalue weighted by atomic mass is 35.5. The molecule has 0 aliphatic heterocycles. The van der Waals surface area contributed by atoms with E-state index < -0.39 is 36.9 Å². The Bertz CT molecular complexity index is 571. The first kappa shape index (κ1) is 19.8. The molecule has 4 atom stereocenters. The van der Waals surface area contributed by atoms with E-state index in [2.05, 4.69) is 5.10 Å². The first-order chi connectivity index (χ1) is 10.8. The molecule has 0 heterocycles. The van der Waals surface area contributed by atoms with E-state index in [0.29, 0.717) is 10.6 Å². The van der Waals surface area contributed by atoms with Gasteiger partial charge in [0.1, 0.15) is 18.3 Å². The quantitative estimate of drug-likeness (QED) is 0.266. The molecule has 1 aromatic carbocycles. The zero-order valence-electron chi connectivity index (χ0n) is 11.7. The van der Waals surface area contributed by atoms with E-state index >= 15 is 0 Å². The second kappa shape index (κ2) is 9.14. The van der Waals surface area contributed by atoms with Crippen LogP contribution in [-0.4, -0.2) is 68.7 Å². The van der Waals surface area contributed by atoms with Crippen molar-refractivity contribution in [1.29, 1.82) is 0 Å². The SMILES string of the molecule is O=C(N/N=C/c1ccc(Cl)cc1Cl)[C@@H](O)[C@H](O)[C@H](O)[C@H](O)CO. The molecule has 0 aromatic heterocycles. The number of aliphatic hydroxyl groups is 5. The first-order valence-corrected chi connectivity index (χ1v) is 7.14. The number of carbonyl (C=O) groups is 1. The molecule has 0 fully saturated rings. The van der Waals surface area contributed by atoms with E-state index in [9.17, 15) is 20.1 Å². The molecular formula is C13H16Cl2N2O6. The number of halogens is 2. The van der Waals surface area contributed by atoms with Crippen molar-refractivity contribution >= 4 is 35.3 Å². The summed E-state index contributed by atoms with van der Waals surface area (Å²) in [6.45, 7) is -0.847. The van der Waals surface area contributed by atoms with Gasteiger partial charge in [-0.2, -0.15) is 5.10 Å². The number of carbonyl (C=O) groups excluding carboxylic acids is 1. The normalized spacial score (nSPS) is 16.8. The summed E-state index contributed by atoms with van der Waals surface area (Å²) in [6, 6.07) is 4.58. The van der Waals surface area contributed by atoms with Crippen molar-refractivity contribution in [3.8, 4) is 0 Å². The molecule has 0 bridgehead atoms. The molecule has 0 aliphatic rings. The third-order valence-electron chi connectivity index (χ3n) is 2.86. The highest BCUT2D eigenvalue weighted by Crippen LogP contribution is 2.19. The van der Waals surface area contributed by atoms with Crippen molar-refractivity contribution < 1.29 is 30.3 Å². The molecule has 0 radical (unpaired) electrons. The lowest BCUT2D eigenvalue weighted by molar-refractivity contribution is -0.148. The summed E-state index contributed by atoms with van der Waals surface area (Å²) >= 11 is 11.6. The topological polar surface area (TPSA) is 143 Å². The number of aliphatic hydroxyl groups excluding tert-OH is 5. The summed E-state index contributed by atoms with van der Waals surface area (Å²) in [6.07, 6.45) is -6.50. The van der Waals surface area contributed by atoms with Gasteiger partial charge < -0.3 is 25.5 Å². The smallest absolute Gasteiger partial charge is 0.271 e. The van der Waals surface area contributed by atoms with Crippen LogP contribution in [0, 0.1) is 0 Å². The fourth-order valence-electron chi connectivity index (χ4n) is 1.52. The third kappa shape index (κ3) is 5.70. The van der Waals surface area contributed by atoms with Gasteiger partial charge >= 0.3 is 0 Å². The number of hydrogen-bond acceptors (Lipinski definition) is 7. The zero-order valence-corrected chi connectivity index (χ0v) is 13.2. The Balaban J connectivity index is 2.63. The maximum Gasteiger partial charge on any atom is 0.271 e. The van der Waals surface area contributed by atoms with Crippen LogP contribution in [0.25, 0.3) is 0 Å². The van der Waals surface area contributed by atoms with Crippen LogP contribution in [0.5, 0.6) is 0 Å². The monoisotopic (exact) mass is 366 g/mol. The lowest BCUT2D eigenvalue weighted by atomic mass is 10.0. The van der Waals surface area contributed by atoms with Crippen molar-refractivity contribution in [2.24, 2.45) is 5.10 Å². The summed E-state index contributed by atoms with van der Waals surface area (Å²) in [5.41, 5.74) is 2.39. The van der Waals surface area contributed by atoms with E-state index in [0.717, 1.165) is 0 Å². The van der Waals surface area contributed by atoms with Crippen molar-refractivity contribution in [1.82, 2.24) is 5.43 Å². The van der Waals surface area contributed by atoms with Gasteiger partial charge in [-0.05, 0) is 12.1 Å². The van der Waals surface area contributed by atoms with Crippen molar-refractivity contribution in [3.63, 3.8) is 0 Å². The summed E-state index contributed by atoms with van der Waals surface area (Å²) in [7, 11) is 0. The maximum atomic E-state index is 11.6. The van der Waals surface area contributed by atoms with E-state index in [1.54, 1.807) is 12.1 Å². The highest BCUT2D eigenvalue weighted by molar-refractivity contribution is 6.36. The molecule has 6 N–H and O–H groups in total. The van der Waals surface area contributed by atoms with Crippen molar-refractivity contribution in [3.05, 3.63) is 33.8 Å². The highest BCUT2D eigenvalue weighted by Gasteiger charge is 2.34. The Hall–Kier alpha value is -1.26. The third-order valence-corrected chi connectivity index (χ3v) is 3.43. The summed E-state index contributed by atoms with van der Waals surface area (Å²) in [5, 5.41) is 50.5. The minimum atomic E-state index is -2.07. The molecule has 1 aromatic rings. The number of hydrazone groups is 1. The second-order valence-electron chi connectivity index (χ2n) is 4.58. The van der Waals surface area contributed by atoms with Crippen LogP contribution in [0.15, 0.2) is 23.3 Å². The number of amides is 1. The van der Waals surface area contributed by atoms with Crippen molar-refractivity contribution in [2.45, 2.75) is 24.4 Å². The first-order valence-electron chi connectivity index (χ1n) is 6.39. The van der Waals surface area contributed by atoms with Crippen LogP contribution in [0.2, 0.25) is 10.0 Å². The Morgan fingerprint density at radius 3 is 2.43 bits per heavy atom. The molecule has 1 amide bonds. The number of nitrogens with zero attached hydrogens (tertiary/aromatic N) is 1. The van der Waals surface area contributed by atoms with Gasteiger partial charge in [0.2, 0.25) is 0 Å². The molecule has 128 valence electrons. The van der Waals surface area contributed by atoms with E-state index in [1.807, 2.05) is 5.43 Å². The van der Waals surface area contributed by atoms with Crippen LogP contribution in [0.1, 0.15) is 5.56 Å². The van der Waals surface area contributed by atoms with Gasteiger partial charge in [-0.15, -0.1) is 0 Å². The van der Waals surface area contributed by atoms with Gasteiger partial charge in [0.15, 0.2) is 6.10 Å². The predicted molar refractivity (Wildman–Crippen MR) is 83.3 cm³/mol. The van der Waals surface area contributed by atoms with Crippen LogP contribution >= 0.6 is 23.2 Å². The van der Waals surface area contributed by atoms with Gasteiger partial charge in [0.05, 0.1) is 17.8 Å². The Labute approximate surface area is 141 Å². The summed E-state index contributed by atoms with van der Waals surface area (Å²) < 4.78 is 0. The van der Waals surface area contributed by atoms with Crippen molar-refractivity contribution in [2.75, 3.05) is 6.61 Å². The molecule has 0 aliphatic carbocycles. The average molecular weight is 367 g/mol. The molecule has 10 heteroatoms. The zero-order chi connectivity index (χ0) is 17.6. The molecule has 0 spiro atoms. The largest absolute Gasteiger partial charge is 0.394 e. The summed E-state index contributed by atoms with van der Waals surface area (Å²) in [5.74, 6) is -1.12. The number of benzene rings is 1. The number of hydrogen-bond donors (Lipinski definition) is 6. The molecule has 1 rings (SSSR count). The van der Waals surface area contributed by atoms with Gasteiger partial charge in [0.25, 0.3) is 5.91 Å². The molecule has 0 saturated heterocycles. The Kier molecular flexibility index (Phi) is 7.86. The fraction of sp³-hybridized carbons (Fsp3) is 0.385. The van der Waals surface area contributed by atoms with Crippen LogP contribution in [-0.2, 0) is 4.79 Å². The Morgan fingerprint density at radius 2 is 1.87 bits per heavy atom. The lowest BCUT2D eigenvalue weighted by Crippen LogP contribution is -2.50. The lowest BCUT2D eigenvalue weighted by Gasteiger charge is -2.24. The molecular weight excluding hydrogens is 351 g/mol. The predicted octanol–water partition coefficient (Wildman–Crippen LogP) is -1.12. The molecule has 23 heavy (non-hydrogen) atoms. The van der Waals surface area contributed by atoms with Gasteiger partial charge in [0, 0.05) is 10.6 Å². The van der Waals surface area contributed by atoms with Gasteiger partial charge in [-0.1, -0.05) is 29.3 Å². The Morgan fingerprint density at radius 1 is 1.22 bits per heavy atom. The standard InChI is InChI=1S/C13H16Cl2N2O6/c14-7-2-1-6(8(15)3-7)4-16-17-13(23)12(22)11(21)10(20)9(19)5-18/h1-4,9-12,18-22H,5H2,(H,17,23)/b16-4+/t9-,10-,11-,12+/m1/s1. The molecule has 8 nitrogen and oxygen atoms in total. The summed E-state index contributed by atoms with van der Waals surface area (Å²) in [4.78, 5) is 11.6. The van der Waals surface area contributed by atoms with Gasteiger partial charge in [-0.25, -0.2) is 5.43 Å². The molecule has 0 saturated carbocycles. The van der Waals surface area contributed by atoms with Crippen LogP contribution in [0.4, 0.5) is 0 Å². The minimum Gasteiger partial charge on any atom is -0.394 e.